The largest absolute Gasteiger partial charge is 0.295 e. The molecule has 12 rings (SSSR count). The van der Waals surface area contributed by atoms with Gasteiger partial charge < -0.3 is 0 Å². The lowest BCUT2D eigenvalue weighted by atomic mass is 10.1. The molecule has 3 aromatic heterocycles. The van der Waals surface area contributed by atoms with Crippen molar-refractivity contribution in [3.8, 4) is 11.3 Å². The van der Waals surface area contributed by atoms with Crippen molar-refractivity contribution in [3.63, 3.8) is 0 Å². The summed E-state index contributed by atoms with van der Waals surface area (Å²) in [4.78, 5) is 12.7. The van der Waals surface area contributed by atoms with Gasteiger partial charge in [0, 0.05) is 49.5 Å². The van der Waals surface area contributed by atoms with Crippen LogP contribution in [0.2, 0.25) is 0 Å². The molecule has 0 aliphatic carbocycles. The number of benzene rings is 8. The van der Waals surface area contributed by atoms with Crippen LogP contribution in [0, 0.1) is 0 Å². The number of pyridine rings is 2. The molecule has 0 fully saturated rings. The normalized spacial score (nSPS) is 13.1. The second-order valence-corrected chi connectivity index (χ2v) is 25.0. The standard InChI is InChI=1S/C58H41N3SSi2/c1-5-22-44(23-6-1)63(45-24-7-2-8-25-45,48-30-17-20-42(40-48)51-33-15-16-38-59-51)49-31-18-21-43(41-49)61-52-36-37-54-56(50-32-13-14-34-53(50)62-54)57(52)64(46-26-9-3-10-27-46,47-28-11-4-12-29-47)55-35-19-39-60-58(55)61/h1-41H. The van der Waals surface area contributed by atoms with Crippen LogP contribution in [0.3, 0.4) is 0 Å². The molecular weight excluding hydrogens is 827 g/mol. The lowest BCUT2D eigenvalue weighted by Gasteiger charge is -2.45. The van der Waals surface area contributed by atoms with Crippen LogP contribution < -0.4 is 46.4 Å². The van der Waals surface area contributed by atoms with Crippen molar-refractivity contribution >= 4 is 106 Å². The number of aromatic nitrogens is 2. The van der Waals surface area contributed by atoms with E-state index in [0.29, 0.717) is 0 Å². The van der Waals surface area contributed by atoms with Crippen LogP contribution in [0.4, 0.5) is 17.2 Å². The molecule has 11 aromatic rings. The van der Waals surface area contributed by atoms with Crippen molar-refractivity contribution < 1.29 is 0 Å². The van der Waals surface area contributed by atoms with Crippen molar-refractivity contribution in [2.75, 3.05) is 4.90 Å². The molecule has 0 unspecified atom stereocenters. The minimum Gasteiger partial charge on any atom is -0.295 e. The van der Waals surface area contributed by atoms with Gasteiger partial charge in [-0.3, -0.25) is 9.88 Å². The van der Waals surface area contributed by atoms with Crippen LogP contribution in [0.1, 0.15) is 0 Å². The first-order valence-electron chi connectivity index (χ1n) is 21.8. The van der Waals surface area contributed by atoms with E-state index in [4.69, 9.17) is 9.97 Å². The summed E-state index contributed by atoms with van der Waals surface area (Å²) < 4.78 is 2.60. The molecule has 0 amide bonds. The third-order valence-corrected chi connectivity index (χ3v) is 23.9. The molecule has 1 aliphatic heterocycles. The van der Waals surface area contributed by atoms with Crippen LogP contribution >= 0.6 is 11.3 Å². The van der Waals surface area contributed by atoms with Crippen molar-refractivity contribution in [2.45, 2.75) is 0 Å². The van der Waals surface area contributed by atoms with Gasteiger partial charge in [-0.2, -0.15) is 0 Å². The lowest BCUT2D eigenvalue weighted by molar-refractivity contribution is 1.19. The highest BCUT2D eigenvalue weighted by Gasteiger charge is 2.51. The van der Waals surface area contributed by atoms with Crippen LogP contribution in [-0.4, -0.2) is 26.1 Å². The predicted octanol–water partition coefficient (Wildman–Crippen LogP) is 9.05. The Balaban J connectivity index is 1.19. The zero-order chi connectivity index (χ0) is 42.5. The Kier molecular flexibility index (Phi) is 9.37. The second-order valence-electron chi connectivity index (χ2n) is 16.5. The summed E-state index contributed by atoms with van der Waals surface area (Å²) in [5.74, 6) is 0.981. The number of thiophene rings is 1. The average Bonchev–Trinajstić information content (AvgIpc) is 3.77. The first kappa shape index (κ1) is 38.2. The highest BCUT2D eigenvalue weighted by atomic mass is 32.1. The molecule has 1 aliphatic rings. The molecule has 0 atom stereocenters. The molecule has 0 spiro atoms. The third-order valence-electron chi connectivity index (χ3n) is 13.2. The maximum atomic E-state index is 5.43. The van der Waals surface area contributed by atoms with Crippen LogP contribution in [-0.2, 0) is 0 Å². The molecule has 0 N–H and O–H groups in total. The van der Waals surface area contributed by atoms with E-state index in [1.807, 2.05) is 29.8 Å². The maximum absolute atomic E-state index is 5.43. The van der Waals surface area contributed by atoms with Crippen LogP contribution in [0.15, 0.2) is 249 Å². The summed E-state index contributed by atoms with van der Waals surface area (Å²) in [6, 6.07) is 87.9. The van der Waals surface area contributed by atoms with E-state index in [1.165, 1.54) is 67.4 Å². The van der Waals surface area contributed by atoms with Crippen molar-refractivity contribution in [3.05, 3.63) is 249 Å². The van der Waals surface area contributed by atoms with E-state index in [0.717, 1.165) is 22.8 Å². The number of nitrogens with zero attached hydrogens (tertiary/aromatic N) is 3. The number of anilines is 3. The van der Waals surface area contributed by atoms with Crippen molar-refractivity contribution in [2.24, 2.45) is 0 Å². The minimum absolute atomic E-state index is 0.964. The number of hydrogen-bond acceptors (Lipinski definition) is 4. The van der Waals surface area contributed by atoms with Gasteiger partial charge in [-0.1, -0.05) is 188 Å². The molecule has 0 bridgehead atoms. The van der Waals surface area contributed by atoms with E-state index >= 15 is 0 Å². The van der Waals surface area contributed by atoms with Gasteiger partial charge in [0.25, 0.3) is 0 Å². The number of hydrogen-bond donors (Lipinski definition) is 0. The summed E-state index contributed by atoms with van der Waals surface area (Å²) in [6.45, 7) is 0. The summed E-state index contributed by atoms with van der Waals surface area (Å²) in [6.07, 6.45) is 3.86. The first-order valence-corrected chi connectivity index (χ1v) is 26.6. The Hall–Kier alpha value is -7.49. The van der Waals surface area contributed by atoms with Crippen molar-refractivity contribution in [1.29, 1.82) is 0 Å². The van der Waals surface area contributed by atoms with Crippen LogP contribution in [0.5, 0.6) is 0 Å². The van der Waals surface area contributed by atoms with E-state index in [1.54, 1.807) is 0 Å². The summed E-state index contributed by atoms with van der Waals surface area (Å²) in [7, 11) is -6.05. The SMILES string of the molecule is c1ccc([Si](c2ccccc2)(c2cccc(-c3ccccn3)c2)c2cccc(N3c4ccc5sc6ccccc6c5c4[Si](c4ccccc4)(c4ccccc4)c4cccnc43)c2)cc1. The smallest absolute Gasteiger partial charge is 0.187 e. The number of fused-ring (bicyclic) bond motifs is 6. The molecule has 302 valence electrons. The zero-order valence-corrected chi connectivity index (χ0v) is 37.7. The molecule has 0 saturated heterocycles. The quantitative estimate of drug-likeness (QED) is 0.113. The van der Waals surface area contributed by atoms with Crippen LogP contribution in [0.25, 0.3) is 31.4 Å². The molecule has 8 aromatic carbocycles. The minimum atomic E-state index is -3.04. The van der Waals surface area contributed by atoms with E-state index in [-0.39, 0.29) is 0 Å². The topological polar surface area (TPSA) is 29.0 Å². The second kappa shape index (κ2) is 15.7. The van der Waals surface area contributed by atoms with Gasteiger partial charge in [-0.15, -0.1) is 11.3 Å². The Morgan fingerprint density at radius 3 is 1.72 bits per heavy atom. The highest BCUT2D eigenvalue weighted by molar-refractivity contribution is 7.28. The van der Waals surface area contributed by atoms with Gasteiger partial charge in [0.05, 0.1) is 5.69 Å². The fraction of sp³-hybridized carbons (Fsp3) is 0. The van der Waals surface area contributed by atoms with Gasteiger partial charge in [-0.25, -0.2) is 4.98 Å². The van der Waals surface area contributed by atoms with Crippen molar-refractivity contribution in [1.82, 2.24) is 9.97 Å². The third kappa shape index (κ3) is 5.84. The lowest BCUT2D eigenvalue weighted by Crippen LogP contribution is -2.77. The molecule has 0 saturated carbocycles. The van der Waals surface area contributed by atoms with Gasteiger partial charge >= 0.3 is 0 Å². The Morgan fingerprint density at radius 2 is 1.03 bits per heavy atom. The van der Waals surface area contributed by atoms with E-state index in [2.05, 4.69) is 235 Å². The molecular formula is C58H41N3SSi2. The van der Waals surface area contributed by atoms with E-state index in [9.17, 15) is 0 Å². The zero-order valence-electron chi connectivity index (χ0n) is 34.9. The molecule has 6 heteroatoms. The monoisotopic (exact) mass is 867 g/mol. The summed E-state index contributed by atoms with van der Waals surface area (Å²) in [5, 5.41) is 13.3. The maximum Gasteiger partial charge on any atom is 0.187 e. The van der Waals surface area contributed by atoms with Gasteiger partial charge in [0.2, 0.25) is 0 Å². The van der Waals surface area contributed by atoms with Gasteiger partial charge in [0.1, 0.15) is 5.82 Å². The molecule has 0 radical (unpaired) electrons. The van der Waals surface area contributed by atoms with Gasteiger partial charge in [0.15, 0.2) is 16.1 Å². The van der Waals surface area contributed by atoms with E-state index < -0.39 is 16.1 Å². The average molecular weight is 868 g/mol. The summed E-state index contributed by atoms with van der Waals surface area (Å²) in [5.41, 5.74) is 4.34. The fourth-order valence-electron chi connectivity index (χ4n) is 10.6. The van der Waals surface area contributed by atoms with Gasteiger partial charge in [-0.05, 0) is 90.0 Å². The highest BCUT2D eigenvalue weighted by Crippen LogP contribution is 2.43. The molecule has 4 heterocycles. The Bertz CT molecular complexity index is 3370. The predicted molar refractivity (Wildman–Crippen MR) is 276 cm³/mol. The Morgan fingerprint density at radius 1 is 0.438 bits per heavy atom. The molecule has 64 heavy (non-hydrogen) atoms. The fourth-order valence-corrected chi connectivity index (χ4v) is 21.9. The first-order chi connectivity index (χ1) is 31.8. The number of rotatable bonds is 8. The Labute approximate surface area is 379 Å². The molecule has 3 nitrogen and oxygen atoms in total. The summed E-state index contributed by atoms with van der Waals surface area (Å²) >= 11 is 1.89.